The Balaban J connectivity index is 2.08. The summed E-state index contributed by atoms with van der Waals surface area (Å²) in [6.45, 7) is 5.56. The first-order valence-corrected chi connectivity index (χ1v) is 7.26. The van der Waals surface area contributed by atoms with Crippen LogP contribution in [0.4, 0.5) is 0 Å². The van der Waals surface area contributed by atoms with Crippen LogP contribution < -0.4 is 0 Å². The number of amides is 1. The van der Waals surface area contributed by atoms with Gasteiger partial charge in [0.15, 0.2) is 0 Å². The number of nitrogens with zero attached hydrogens (tertiary/aromatic N) is 3. The van der Waals surface area contributed by atoms with E-state index in [1.807, 2.05) is 24.8 Å². The summed E-state index contributed by atoms with van der Waals surface area (Å²) in [4.78, 5) is 19.1. The van der Waals surface area contributed by atoms with Crippen molar-refractivity contribution in [2.45, 2.75) is 39.5 Å². The molecule has 3 rings (SSSR count). The van der Waals surface area contributed by atoms with Crippen LogP contribution in [0.25, 0.3) is 11.1 Å². The van der Waals surface area contributed by atoms with Crippen molar-refractivity contribution in [2.24, 2.45) is 0 Å². The van der Waals surface area contributed by atoms with Gasteiger partial charge in [0.1, 0.15) is 0 Å². The highest BCUT2D eigenvalue weighted by molar-refractivity contribution is 6.06. The molecule has 20 heavy (non-hydrogen) atoms. The number of carbonyl (C=O) groups is 1. The Labute approximate surface area is 117 Å². The lowest BCUT2D eigenvalue weighted by Gasteiger charge is -2.27. The Bertz CT molecular complexity index is 642. The van der Waals surface area contributed by atoms with Crippen LogP contribution >= 0.6 is 0 Å². The first kappa shape index (κ1) is 13.1. The molecule has 0 atom stereocenters. The molecule has 0 aromatic carbocycles. The molecule has 0 unspecified atom stereocenters. The molecule has 0 radical (unpaired) electrons. The number of fused-ring (bicyclic) bond motifs is 1. The second kappa shape index (κ2) is 5.23. The molecule has 2 aromatic heterocycles. The number of carbonyl (C=O) groups excluding carboxylic acids is 1. The van der Waals surface area contributed by atoms with E-state index in [0.29, 0.717) is 11.3 Å². The molecule has 5 nitrogen and oxygen atoms in total. The third kappa shape index (κ3) is 2.17. The molecule has 0 N–H and O–H groups in total. The van der Waals surface area contributed by atoms with Crippen LogP contribution in [0, 0.1) is 6.92 Å². The van der Waals surface area contributed by atoms with E-state index < -0.39 is 0 Å². The molecule has 0 spiro atoms. The van der Waals surface area contributed by atoms with Gasteiger partial charge in [0, 0.05) is 18.8 Å². The molecule has 1 saturated heterocycles. The van der Waals surface area contributed by atoms with Crippen LogP contribution in [-0.2, 0) is 6.42 Å². The summed E-state index contributed by atoms with van der Waals surface area (Å²) in [7, 11) is 0. The van der Waals surface area contributed by atoms with Crippen LogP contribution in [0.15, 0.2) is 10.6 Å². The van der Waals surface area contributed by atoms with Gasteiger partial charge in [-0.2, -0.15) is 0 Å². The monoisotopic (exact) mass is 273 g/mol. The van der Waals surface area contributed by atoms with Crippen LogP contribution in [0.3, 0.4) is 0 Å². The van der Waals surface area contributed by atoms with Crippen molar-refractivity contribution in [3.05, 3.63) is 23.0 Å². The smallest absolute Gasteiger partial charge is 0.258 e. The van der Waals surface area contributed by atoms with Gasteiger partial charge in [0.05, 0.1) is 16.6 Å². The van der Waals surface area contributed by atoms with Crippen molar-refractivity contribution < 1.29 is 9.32 Å². The van der Waals surface area contributed by atoms with Crippen molar-refractivity contribution in [2.75, 3.05) is 13.1 Å². The Morgan fingerprint density at radius 3 is 2.80 bits per heavy atom. The summed E-state index contributed by atoms with van der Waals surface area (Å²) < 4.78 is 5.24. The van der Waals surface area contributed by atoms with Crippen molar-refractivity contribution >= 4 is 17.0 Å². The highest BCUT2D eigenvalue weighted by atomic mass is 16.5. The molecule has 0 bridgehead atoms. The number of hydrogen-bond acceptors (Lipinski definition) is 4. The Morgan fingerprint density at radius 1 is 1.35 bits per heavy atom. The van der Waals surface area contributed by atoms with Crippen LogP contribution in [0.5, 0.6) is 0 Å². The largest absolute Gasteiger partial charge is 0.339 e. The predicted molar refractivity (Wildman–Crippen MR) is 75.7 cm³/mol. The van der Waals surface area contributed by atoms with E-state index in [1.54, 1.807) is 0 Å². The molecule has 0 saturated carbocycles. The van der Waals surface area contributed by atoms with E-state index in [0.717, 1.165) is 49.1 Å². The zero-order valence-electron chi connectivity index (χ0n) is 12.0. The van der Waals surface area contributed by atoms with Gasteiger partial charge in [-0.05, 0) is 38.7 Å². The van der Waals surface area contributed by atoms with E-state index in [2.05, 4.69) is 10.1 Å². The Morgan fingerprint density at radius 2 is 2.10 bits per heavy atom. The van der Waals surface area contributed by atoms with E-state index in [9.17, 15) is 4.79 Å². The Hall–Kier alpha value is -1.91. The van der Waals surface area contributed by atoms with E-state index in [-0.39, 0.29) is 5.91 Å². The lowest BCUT2D eigenvalue weighted by molar-refractivity contribution is 0.0726. The lowest BCUT2D eigenvalue weighted by Crippen LogP contribution is -2.35. The summed E-state index contributed by atoms with van der Waals surface area (Å²) in [6.07, 6.45) is 4.16. The molecule has 2 aromatic rings. The maximum atomic E-state index is 12.8. The van der Waals surface area contributed by atoms with Gasteiger partial charge in [-0.3, -0.25) is 4.79 Å². The first-order valence-electron chi connectivity index (χ1n) is 7.26. The van der Waals surface area contributed by atoms with Gasteiger partial charge in [0.25, 0.3) is 11.6 Å². The molecule has 1 amide bonds. The molecule has 106 valence electrons. The molecular weight excluding hydrogens is 254 g/mol. The molecule has 3 heterocycles. The zero-order chi connectivity index (χ0) is 14.1. The minimum atomic E-state index is 0.0816. The predicted octanol–water partition coefficient (Wildman–Crippen LogP) is 2.72. The van der Waals surface area contributed by atoms with Crippen molar-refractivity contribution in [1.82, 2.24) is 15.0 Å². The maximum Gasteiger partial charge on any atom is 0.258 e. The topological polar surface area (TPSA) is 59.2 Å². The molecule has 1 fully saturated rings. The average molecular weight is 273 g/mol. The number of aromatic nitrogens is 2. The second-order valence-electron chi connectivity index (χ2n) is 5.32. The fourth-order valence-electron chi connectivity index (χ4n) is 2.76. The van der Waals surface area contributed by atoms with Crippen LogP contribution in [0.1, 0.15) is 47.9 Å². The molecular formula is C15H19N3O2. The van der Waals surface area contributed by atoms with Crippen LogP contribution in [-0.4, -0.2) is 34.0 Å². The lowest BCUT2D eigenvalue weighted by atomic mass is 10.1. The average Bonchev–Trinajstić information content (AvgIpc) is 2.88. The minimum Gasteiger partial charge on any atom is -0.339 e. The van der Waals surface area contributed by atoms with E-state index in [4.69, 9.17) is 4.52 Å². The van der Waals surface area contributed by atoms with Crippen molar-refractivity contribution in [1.29, 1.82) is 0 Å². The minimum absolute atomic E-state index is 0.0816. The standard InChI is InChI=1S/C15H19N3O2/c1-3-11-9-12(13-10(2)17-20-14(13)16-11)15(19)18-7-5-4-6-8-18/h9H,3-8H2,1-2H3. The summed E-state index contributed by atoms with van der Waals surface area (Å²) in [5.41, 5.74) is 2.76. The third-order valence-electron chi connectivity index (χ3n) is 3.91. The van der Waals surface area contributed by atoms with Gasteiger partial charge in [-0.15, -0.1) is 0 Å². The molecule has 0 aliphatic carbocycles. The van der Waals surface area contributed by atoms with Gasteiger partial charge < -0.3 is 9.42 Å². The summed E-state index contributed by atoms with van der Waals surface area (Å²) >= 11 is 0. The number of likely N-dealkylation sites (tertiary alicyclic amines) is 1. The van der Waals surface area contributed by atoms with E-state index in [1.165, 1.54) is 6.42 Å². The maximum absolute atomic E-state index is 12.8. The van der Waals surface area contributed by atoms with Crippen molar-refractivity contribution in [3.8, 4) is 0 Å². The third-order valence-corrected chi connectivity index (χ3v) is 3.91. The zero-order valence-corrected chi connectivity index (χ0v) is 12.0. The highest BCUT2D eigenvalue weighted by Gasteiger charge is 2.23. The Kier molecular flexibility index (Phi) is 3.42. The molecule has 5 heteroatoms. The van der Waals surface area contributed by atoms with Gasteiger partial charge >= 0.3 is 0 Å². The number of pyridine rings is 1. The van der Waals surface area contributed by atoms with Gasteiger partial charge in [-0.25, -0.2) is 4.98 Å². The van der Waals surface area contributed by atoms with Crippen LogP contribution in [0.2, 0.25) is 0 Å². The number of rotatable bonds is 2. The summed E-state index contributed by atoms with van der Waals surface area (Å²) in [5, 5.41) is 4.71. The SMILES string of the molecule is CCc1cc(C(=O)N2CCCCC2)c2c(C)noc2n1. The summed E-state index contributed by atoms with van der Waals surface area (Å²) in [5.74, 6) is 0.0816. The molecule has 1 aliphatic heterocycles. The fraction of sp³-hybridized carbons (Fsp3) is 0.533. The highest BCUT2D eigenvalue weighted by Crippen LogP contribution is 2.24. The quantitative estimate of drug-likeness (QED) is 0.844. The summed E-state index contributed by atoms with van der Waals surface area (Å²) in [6, 6.07) is 1.89. The number of piperidine rings is 1. The second-order valence-corrected chi connectivity index (χ2v) is 5.32. The van der Waals surface area contributed by atoms with Gasteiger partial charge in [-0.1, -0.05) is 12.1 Å². The van der Waals surface area contributed by atoms with Gasteiger partial charge in [0.2, 0.25) is 0 Å². The fourth-order valence-corrected chi connectivity index (χ4v) is 2.76. The number of aryl methyl sites for hydroxylation is 2. The first-order chi connectivity index (χ1) is 9.70. The van der Waals surface area contributed by atoms with Crippen molar-refractivity contribution in [3.63, 3.8) is 0 Å². The number of hydrogen-bond donors (Lipinski definition) is 0. The normalized spacial score (nSPS) is 15.8. The van der Waals surface area contributed by atoms with E-state index >= 15 is 0 Å². The molecule has 1 aliphatic rings.